The maximum Gasteiger partial charge on any atom is 0.263 e. The fraction of sp³-hybridized carbons (Fsp3) is 0.700. The smallest absolute Gasteiger partial charge is 0.263 e. The highest BCUT2D eigenvalue weighted by atomic mass is 32.1. The Morgan fingerprint density at radius 2 is 1.76 bits per heavy atom. The number of thiophene rings is 1. The average molecular weight is 361 g/mol. The number of fused-ring (bicyclic) bond motifs is 1. The predicted molar refractivity (Wildman–Crippen MR) is 99.9 cm³/mol. The lowest BCUT2D eigenvalue weighted by molar-refractivity contribution is -0.134. The van der Waals surface area contributed by atoms with Gasteiger partial charge in [0.25, 0.3) is 5.91 Å². The van der Waals surface area contributed by atoms with Crippen molar-refractivity contribution in [3.05, 3.63) is 21.4 Å². The minimum Gasteiger partial charge on any atom is -0.342 e. The van der Waals surface area contributed by atoms with E-state index in [9.17, 15) is 9.59 Å². The van der Waals surface area contributed by atoms with E-state index in [4.69, 9.17) is 0 Å². The van der Waals surface area contributed by atoms with Crippen molar-refractivity contribution in [2.75, 3.05) is 26.2 Å². The largest absolute Gasteiger partial charge is 0.342 e. The van der Waals surface area contributed by atoms with Gasteiger partial charge in [-0.3, -0.25) is 9.59 Å². The zero-order chi connectivity index (χ0) is 17.4. The molecule has 0 unspecified atom stereocenters. The van der Waals surface area contributed by atoms with Crippen molar-refractivity contribution in [2.24, 2.45) is 11.8 Å². The van der Waals surface area contributed by atoms with Gasteiger partial charge in [0.05, 0.1) is 4.88 Å². The van der Waals surface area contributed by atoms with Crippen LogP contribution in [0.3, 0.4) is 0 Å². The van der Waals surface area contributed by atoms with Crippen LogP contribution in [-0.2, 0) is 17.6 Å². The van der Waals surface area contributed by atoms with Crippen molar-refractivity contribution < 1.29 is 9.59 Å². The van der Waals surface area contributed by atoms with Crippen LogP contribution in [0, 0.1) is 11.8 Å². The number of hydrogen-bond acceptors (Lipinski definition) is 3. The summed E-state index contributed by atoms with van der Waals surface area (Å²) in [5, 5.41) is 0. The van der Waals surface area contributed by atoms with Crippen molar-refractivity contribution in [1.82, 2.24) is 9.80 Å². The molecular formula is C20H28N2O2S. The molecule has 25 heavy (non-hydrogen) atoms. The second-order valence-corrected chi connectivity index (χ2v) is 9.14. The van der Waals surface area contributed by atoms with E-state index in [-0.39, 0.29) is 11.8 Å². The summed E-state index contributed by atoms with van der Waals surface area (Å²) in [5.41, 5.74) is 1.25. The van der Waals surface area contributed by atoms with Gasteiger partial charge in [-0.2, -0.15) is 0 Å². The fourth-order valence-electron chi connectivity index (χ4n) is 4.40. The monoisotopic (exact) mass is 360 g/mol. The molecule has 2 amide bonds. The molecule has 1 atom stereocenters. The first kappa shape index (κ1) is 17.1. The summed E-state index contributed by atoms with van der Waals surface area (Å²) in [4.78, 5) is 31.8. The first-order chi connectivity index (χ1) is 12.1. The summed E-state index contributed by atoms with van der Waals surface area (Å²) in [6, 6.07) is 2.09. The zero-order valence-electron chi connectivity index (χ0n) is 15.1. The van der Waals surface area contributed by atoms with E-state index in [0.29, 0.717) is 5.91 Å². The van der Waals surface area contributed by atoms with E-state index in [0.717, 1.165) is 81.9 Å². The molecule has 0 spiro atoms. The minimum atomic E-state index is 0.124. The first-order valence-corrected chi connectivity index (χ1v) is 10.6. The zero-order valence-corrected chi connectivity index (χ0v) is 15.9. The van der Waals surface area contributed by atoms with Gasteiger partial charge in [-0.15, -0.1) is 11.3 Å². The van der Waals surface area contributed by atoms with Crippen LogP contribution < -0.4 is 0 Å². The van der Waals surface area contributed by atoms with E-state index in [2.05, 4.69) is 13.0 Å². The van der Waals surface area contributed by atoms with Gasteiger partial charge < -0.3 is 9.80 Å². The van der Waals surface area contributed by atoms with Crippen LogP contribution in [0.2, 0.25) is 0 Å². The van der Waals surface area contributed by atoms with Crippen LogP contribution in [0.25, 0.3) is 0 Å². The Bertz CT molecular complexity index is 655. The third-order valence-corrected chi connectivity index (χ3v) is 7.36. The number of amides is 2. The van der Waals surface area contributed by atoms with Crippen LogP contribution in [0.4, 0.5) is 0 Å². The van der Waals surface area contributed by atoms with Crippen LogP contribution in [-0.4, -0.2) is 47.8 Å². The lowest BCUT2D eigenvalue weighted by atomic mass is 9.87. The highest BCUT2D eigenvalue weighted by Gasteiger charge is 2.32. The molecule has 136 valence electrons. The number of hydrogen-bond donors (Lipinski definition) is 0. The van der Waals surface area contributed by atoms with Crippen molar-refractivity contribution in [1.29, 1.82) is 0 Å². The number of aryl methyl sites for hydroxylation is 1. The van der Waals surface area contributed by atoms with Gasteiger partial charge in [0.2, 0.25) is 5.91 Å². The molecule has 0 saturated carbocycles. The van der Waals surface area contributed by atoms with Gasteiger partial charge in [-0.1, -0.05) is 6.92 Å². The molecule has 0 radical (unpaired) electrons. The number of nitrogens with zero attached hydrogens (tertiary/aromatic N) is 2. The summed E-state index contributed by atoms with van der Waals surface area (Å²) in [7, 11) is 0. The summed E-state index contributed by atoms with van der Waals surface area (Å²) in [6.07, 6.45) is 7.24. The molecule has 0 bridgehead atoms. The molecule has 3 heterocycles. The lowest BCUT2D eigenvalue weighted by Gasteiger charge is -2.29. The third-order valence-electron chi connectivity index (χ3n) is 6.13. The normalized spacial score (nSPS) is 24.4. The molecule has 5 heteroatoms. The Morgan fingerprint density at radius 3 is 2.48 bits per heavy atom. The number of likely N-dealkylation sites (tertiary alicyclic amines) is 2. The molecule has 0 N–H and O–H groups in total. The van der Waals surface area contributed by atoms with E-state index in [1.807, 2.05) is 9.80 Å². The van der Waals surface area contributed by atoms with Gasteiger partial charge in [0, 0.05) is 37.0 Å². The molecule has 2 fully saturated rings. The number of piperidine rings is 1. The minimum absolute atomic E-state index is 0.124. The van der Waals surface area contributed by atoms with Gasteiger partial charge in [-0.05, 0) is 62.5 Å². The van der Waals surface area contributed by atoms with Gasteiger partial charge >= 0.3 is 0 Å². The summed E-state index contributed by atoms with van der Waals surface area (Å²) in [5.74, 6) is 1.40. The standard InChI is InChI=1S/C20H28N2O2S/c1-14-6-10-22(11-7-14)20(24)18-13-16-12-15(4-5-17(16)25-18)19(23)21-8-2-3-9-21/h13-15H,2-12H2,1H3/t15-/m1/s1. The lowest BCUT2D eigenvalue weighted by Crippen LogP contribution is -2.37. The Hall–Kier alpha value is -1.36. The molecule has 4 nitrogen and oxygen atoms in total. The van der Waals surface area contributed by atoms with Crippen molar-refractivity contribution in [3.63, 3.8) is 0 Å². The molecular weight excluding hydrogens is 332 g/mol. The topological polar surface area (TPSA) is 40.6 Å². The van der Waals surface area contributed by atoms with Crippen LogP contribution in [0.1, 0.15) is 59.1 Å². The van der Waals surface area contributed by atoms with Gasteiger partial charge in [0.1, 0.15) is 0 Å². The van der Waals surface area contributed by atoms with E-state index in [1.54, 1.807) is 11.3 Å². The summed E-state index contributed by atoms with van der Waals surface area (Å²) in [6.45, 7) is 5.91. The van der Waals surface area contributed by atoms with Gasteiger partial charge in [0.15, 0.2) is 0 Å². The Labute approximate surface area is 154 Å². The van der Waals surface area contributed by atoms with Crippen molar-refractivity contribution in [2.45, 2.75) is 51.9 Å². The molecule has 1 aromatic heterocycles. The maximum absolute atomic E-state index is 12.8. The second kappa shape index (κ2) is 7.10. The predicted octanol–water partition coefficient (Wildman–Crippen LogP) is 3.35. The average Bonchev–Trinajstić information content (AvgIpc) is 3.30. The molecule has 2 saturated heterocycles. The SMILES string of the molecule is CC1CCN(C(=O)c2cc3c(s2)CC[C@@H](C(=O)N2CCCC2)C3)CC1. The van der Waals surface area contributed by atoms with E-state index in [1.165, 1.54) is 10.4 Å². The summed E-state index contributed by atoms with van der Waals surface area (Å²) >= 11 is 1.67. The fourth-order valence-corrected chi connectivity index (χ4v) is 5.58. The highest BCUT2D eigenvalue weighted by molar-refractivity contribution is 7.14. The van der Waals surface area contributed by atoms with E-state index >= 15 is 0 Å². The van der Waals surface area contributed by atoms with Crippen molar-refractivity contribution >= 4 is 23.2 Å². The Kier molecular flexibility index (Phi) is 4.85. The molecule has 1 aliphatic carbocycles. The van der Waals surface area contributed by atoms with Crippen LogP contribution in [0.15, 0.2) is 6.07 Å². The molecule has 2 aliphatic heterocycles. The highest BCUT2D eigenvalue weighted by Crippen LogP contribution is 2.34. The first-order valence-electron chi connectivity index (χ1n) is 9.81. The molecule has 3 aliphatic rings. The second-order valence-electron chi connectivity index (χ2n) is 8.01. The Morgan fingerprint density at radius 1 is 1.04 bits per heavy atom. The van der Waals surface area contributed by atoms with Crippen molar-refractivity contribution in [3.8, 4) is 0 Å². The maximum atomic E-state index is 12.8. The Balaban J connectivity index is 1.43. The third kappa shape index (κ3) is 3.48. The quantitative estimate of drug-likeness (QED) is 0.811. The van der Waals surface area contributed by atoms with E-state index < -0.39 is 0 Å². The number of carbonyl (C=O) groups excluding carboxylic acids is 2. The molecule has 4 rings (SSSR count). The number of carbonyl (C=O) groups is 2. The van der Waals surface area contributed by atoms with Gasteiger partial charge in [-0.25, -0.2) is 0 Å². The molecule has 0 aromatic carbocycles. The summed E-state index contributed by atoms with van der Waals surface area (Å²) < 4.78 is 0. The van der Waals surface area contributed by atoms with Crippen LogP contribution >= 0.6 is 11.3 Å². The number of rotatable bonds is 2. The molecule has 1 aromatic rings. The van der Waals surface area contributed by atoms with Crippen LogP contribution in [0.5, 0.6) is 0 Å².